The first-order valence-corrected chi connectivity index (χ1v) is 6.74. The summed E-state index contributed by atoms with van der Waals surface area (Å²) >= 11 is 0. The molecule has 2 aromatic carbocycles. The largest absolute Gasteiger partial charge is 0.310 e. The van der Waals surface area contributed by atoms with Crippen molar-refractivity contribution in [3.05, 3.63) is 71.0 Å². The Kier molecular flexibility index (Phi) is 4.69. The second-order valence-electron chi connectivity index (χ2n) is 4.82. The number of aryl methyl sites for hydroxylation is 1. The lowest BCUT2D eigenvalue weighted by Gasteiger charge is -2.19. The average molecular weight is 257 g/mol. The highest BCUT2D eigenvalue weighted by Gasteiger charge is 2.14. The predicted octanol–water partition coefficient (Wildman–Crippen LogP) is 4.03. The number of halogens is 1. The van der Waals surface area contributed by atoms with Gasteiger partial charge in [-0.15, -0.1) is 0 Å². The van der Waals surface area contributed by atoms with Crippen molar-refractivity contribution in [1.29, 1.82) is 0 Å². The van der Waals surface area contributed by atoms with Crippen LogP contribution in [0.25, 0.3) is 0 Å². The van der Waals surface area contributed by atoms with Crippen LogP contribution in [0.3, 0.4) is 0 Å². The van der Waals surface area contributed by atoms with Gasteiger partial charge in [0.15, 0.2) is 0 Å². The van der Waals surface area contributed by atoms with E-state index in [0.717, 1.165) is 18.5 Å². The second-order valence-corrected chi connectivity index (χ2v) is 4.82. The van der Waals surface area contributed by atoms with Gasteiger partial charge in [0.05, 0.1) is 0 Å². The van der Waals surface area contributed by atoms with Crippen LogP contribution in [-0.4, -0.2) is 6.54 Å². The third-order valence-corrected chi connectivity index (χ3v) is 3.25. The minimum Gasteiger partial charge on any atom is -0.310 e. The van der Waals surface area contributed by atoms with Crippen molar-refractivity contribution >= 4 is 0 Å². The fourth-order valence-electron chi connectivity index (χ4n) is 2.37. The summed E-state index contributed by atoms with van der Waals surface area (Å²) in [6.07, 6.45) is 0.802. The minimum absolute atomic E-state index is 0.0213. The Balaban J connectivity index is 2.24. The monoisotopic (exact) mass is 257 g/mol. The Bertz CT molecular complexity index is 536. The molecule has 1 atom stereocenters. The van der Waals surface area contributed by atoms with E-state index < -0.39 is 0 Å². The molecule has 0 aliphatic rings. The normalized spacial score (nSPS) is 12.4. The minimum atomic E-state index is -0.138. The van der Waals surface area contributed by atoms with Crippen LogP contribution >= 0.6 is 0 Å². The van der Waals surface area contributed by atoms with Crippen molar-refractivity contribution in [3.8, 4) is 0 Å². The quantitative estimate of drug-likeness (QED) is 0.852. The number of hydrogen-bond donors (Lipinski definition) is 1. The molecule has 2 aromatic rings. The average Bonchev–Trinajstić information content (AvgIpc) is 2.39. The second kappa shape index (κ2) is 6.48. The van der Waals surface area contributed by atoms with Gasteiger partial charge in [0.1, 0.15) is 5.82 Å². The first kappa shape index (κ1) is 13.8. The van der Waals surface area contributed by atoms with Crippen molar-refractivity contribution in [2.45, 2.75) is 26.3 Å². The molecule has 0 bridgehead atoms. The molecule has 100 valence electrons. The standard InChI is InChI=1S/C17H20FN/c1-3-19-17(15-9-4-5-10-16(15)18)12-14-8-6-7-13(2)11-14/h4-11,17,19H,3,12H2,1-2H3. The maximum atomic E-state index is 13.9. The number of benzene rings is 2. The smallest absolute Gasteiger partial charge is 0.127 e. The van der Waals surface area contributed by atoms with Crippen LogP contribution in [0.1, 0.15) is 29.7 Å². The summed E-state index contributed by atoms with van der Waals surface area (Å²) in [4.78, 5) is 0. The lowest BCUT2D eigenvalue weighted by Crippen LogP contribution is -2.23. The number of nitrogens with one attached hydrogen (secondary N) is 1. The summed E-state index contributed by atoms with van der Waals surface area (Å²) in [6.45, 7) is 4.95. The van der Waals surface area contributed by atoms with E-state index in [2.05, 4.69) is 36.5 Å². The molecule has 0 heterocycles. The van der Waals surface area contributed by atoms with Gasteiger partial charge in [0.25, 0.3) is 0 Å². The third kappa shape index (κ3) is 3.65. The Morgan fingerprint density at radius 2 is 1.89 bits per heavy atom. The molecular formula is C17H20FN. The zero-order valence-corrected chi connectivity index (χ0v) is 11.5. The Labute approximate surface area is 114 Å². The molecule has 2 heteroatoms. The van der Waals surface area contributed by atoms with Crippen LogP contribution in [0.4, 0.5) is 4.39 Å². The third-order valence-electron chi connectivity index (χ3n) is 3.25. The zero-order valence-electron chi connectivity index (χ0n) is 11.5. The Morgan fingerprint density at radius 1 is 1.11 bits per heavy atom. The molecule has 2 rings (SSSR count). The predicted molar refractivity (Wildman–Crippen MR) is 77.7 cm³/mol. The summed E-state index contributed by atoms with van der Waals surface area (Å²) in [6, 6.07) is 15.4. The van der Waals surface area contributed by atoms with Gasteiger partial charge in [-0.25, -0.2) is 4.39 Å². The van der Waals surface area contributed by atoms with Crippen molar-refractivity contribution in [3.63, 3.8) is 0 Å². The lowest BCUT2D eigenvalue weighted by atomic mass is 9.97. The zero-order chi connectivity index (χ0) is 13.7. The number of likely N-dealkylation sites (N-methyl/N-ethyl adjacent to an activating group) is 1. The van der Waals surface area contributed by atoms with E-state index in [4.69, 9.17) is 0 Å². The molecule has 19 heavy (non-hydrogen) atoms. The molecule has 0 fully saturated rings. The van der Waals surface area contributed by atoms with Crippen molar-refractivity contribution < 1.29 is 4.39 Å². The highest BCUT2D eigenvalue weighted by molar-refractivity contribution is 5.27. The molecule has 0 spiro atoms. The van der Waals surface area contributed by atoms with Gasteiger partial charge in [0, 0.05) is 11.6 Å². The highest BCUT2D eigenvalue weighted by Crippen LogP contribution is 2.21. The van der Waals surface area contributed by atoms with Crippen LogP contribution in [0.15, 0.2) is 48.5 Å². The molecule has 0 aliphatic carbocycles. The fourth-order valence-corrected chi connectivity index (χ4v) is 2.37. The summed E-state index contributed by atoms with van der Waals surface area (Å²) < 4.78 is 13.9. The Morgan fingerprint density at radius 3 is 2.58 bits per heavy atom. The van der Waals surface area contributed by atoms with E-state index in [-0.39, 0.29) is 11.9 Å². The van der Waals surface area contributed by atoms with Crippen LogP contribution in [0.5, 0.6) is 0 Å². The van der Waals surface area contributed by atoms with E-state index in [1.807, 2.05) is 19.1 Å². The van der Waals surface area contributed by atoms with Gasteiger partial charge in [-0.05, 0) is 31.5 Å². The molecule has 1 N–H and O–H groups in total. The molecule has 0 aromatic heterocycles. The van der Waals surface area contributed by atoms with Gasteiger partial charge in [-0.2, -0.15) is 0 Å². The fraction of sp³-hybridized carbons (Fsp3) is 0.294. The van der Waals surface area contributed by atoms with Crippen molar-refractivity contribution in [1.82, 2.24) is 5.32 Å². The first-order chi connectivity index (χ1) is 9.20. The Hall–Kier alpha value is -1.67. The highest BCUT2D eigenvalue weighted by atomic mass is 19.1. The summed E-state index contributed by atoms with van der Waals surface area (Å²) in [7, 11) is 0. The van der Waals surface area contributed by atoms with E-state index in [1.165, 1.54) is 17.2 Å². The molecular weight excluding hydrogens is 237 g/mol. The molecule has 0 amide bonds. The van der Waals surface area contributed by atoms with Crippen LogP contribution in [0, 0.1) is 12.7 Å². The maximum absolute atomic E-state index is 13.9. The van der Waals surface area contributed by atoms with Gasteiger partial charge in [0.2, 0.25) is 0 Å². The van der Waals surface area contributed by atoms with Crippen LogP contribution in [0.2, 0.25) is 0 Å². The molecule has 1 unspecified atom stereocenters. The van der Waals surface area contributed by atoms with Crippen LogP contribution < -0.4 is 5.32 Å². The van der Waals surface area contributed by atoms with Crippen molar-refractivity contribution in [2.75, 3.05) is 6.54 Å². The molecule has 1 nitrogen and oxygen atoms in total. The maximum Gasteiger partial charge on any atom is 0.127 e. The number of rotatable bonds is 5. The summed E-state index contributed by atoms with van der Waals surface area (Å²) in [5, 5.41) is 3.37. The van der Waals surface area contributed by atoms with E-state index in [1.54, 1.807) is 6.07 Å². The van der Waals surface area contributed by atoms with E-state index >= 15 is 0 Å². The molecule has 0 aliphatic heterocycles. The molecule has 0 radical (unpaired) electrons. The lowest BCUT2D eigenvalue weighted by molar-refractivity contribution is 0.510. The van der Waals surface area contributed by atoms with E-state index in [9.17, 15) is 4.39 Å². The SMILES string of the molecule is CCNC(Cc1cccc(C)c1)c1ccccc1F. The van der Waals surface area contributed by atoms with Gasteiger partial charge in [-0.1, -0.05) is 55.0 Å². The van der Waals surface area contributed by atoms with E-state index in [0.29, 0.717) is 0 Å². The molecule has 0 saturated heterocycles. The summed E-state index contributed by atoms with van der Waals surface area (Å²) in [5.41, 5.74) is 3.21. The molecule has 0 saturated carbocycles. The van der Waals surface area contributed by atoms with Gasteiger partial charge >= 0.3 is 0 Å². The first-order valence-electron chi connectivity index (χ1n) is 6.74. The topological polar surface area (TPSA) is 12.0 Å². The number of hydrogen-bond acceptors (Lipinski definition) is 1. The van der Waals surface area contributed by atoms with Crippen molar-refractivity contribution in [2.24, 2.45) is 0 Å². The summed E-state index contributed by atoms with van der Waals surface area (Å²) in [5.74, 6) is -0.138. The van der Waals surface area contributed by atoms with Gasteiger partial charge in [-0.3, -0.25) is 0 Å². The van der Waals surface area contributed by atoms with Gasteiger partial charge < -0.3 is 5.32 Å². The van der Waals surface area contributed by atoms with Crippen LogP contribution in [-0.2, 0) is 6.42 Å².